The number of carbonyl (C=O) groups is 2. The van der Waals surface area contributed by atoms with Crippen molar-refractivity contribution in [1.29, 1.82) is 0 Å². The van der Waals surface area contributed by atoms with E-state index in [1.807, 2.05) is 41.8 Å². The molecule has 2 N–H and O–H groups in total. The van der Waals surface area contributed by atoms with E-state index in [1.54, 1.807) is 0 Å². The van der Waals surface area contributed by atoms with Gasteiger partial charge in [-0.2, -0.15) is 0 Å². The lowest BCUT2D eigenvalue weighted by Gasteiger charge is -2.22. The van der Waals surface area contributed by atoms with Gasteiger partial charge in [-0.15, -0.1) is 11.3 Å². The summed E-state index contributed by atoms with van der Waals surface area (Å²) in [6, 6.07) is 17.3. The van der Waals surface area contributed by atoms with Crippen molar-refractivity contribution in [3.8, 4) is 11.3 Å². The zero-order valence-electron chi connectivity index (χ0n) is 19.8. The number of hydrogen-bond donors (Lipinski definition) is 2. The number of nitrogens with one attached hydrogen (secondary N) is 2. The first-order valence-corrected chi connectivity index (χ1v) is 12.7. The van der Waals surface area contributed by atoms with Gasteiger partial charge in [0.1, 0.15) is 12.6 Å². The predicted octanol–water partition coefficient (Wildman–Crippen LogP) is 6.15. The Bertz CT molecular complexity index is 1340. The Hall–Kier alpha value is -3.65. The monoisotopic (exact) mass is 488 g/mol. The van der Waals surface area contributed by atoms with Crippen LogP contribution in [0.15, 0.2) is 60.0 Å². The molecule has 180 valence electrons. The van der Waals surface area contributed by atoms with Crippen LogP contribution >= 0.6 is 11.3 Å². The van der Waals surface area contributed by atoms with Crippen LogP contribution in [0.5, 0.6) is 0 Å². The molecule has 1 saturated heterocycles. The predicted molar refractivity (Wildman–Crippen MR) is 138 cm³/mol. The molecule has 1 aliphatic rings. The summed E-state index contributed by atoms with van der Waals surface area (Å²) in [6.45, 7) is 5.01. The number of ether oxygens (including phenoxy) is 1. The molecule has 5 rings (SSSR count). The molecule has 0 aliphatic carbocycles. The molecular weight excluding hydrogens is 460 g/mol. The Morgan fingerprint density at radius 1 is 1.20 bits per heavy atom. The zero-order chi connectivity index (χ0) is 24.4. The number of fused-ring (bicyclic) bond motifs is 1. The van der Waals surface area contributed by atoms with Crippen molar-refractivity contribution < 1.29 is 14.3 Å². The summed E-state index contributed by atoms with van der Waals surface area (Å²) in [5.74, 6) is 0.195. The average molecular weight is 489 g/mol. The second kappa shape index (κ2) is 9.92. The van der Waals surface area contributed by atoms with Gasteiger partial charge in [0, 0.05) is 34.1 Å². The summed E-state index contributed by atoms with van der Waals surface area (Å²) in [6.07, 6.45) is 0.899. The van der Waals surface area contributed by atoms with E-state index >= 15 is 0 Å². The number of likely N-dealkylation sites (tertiary alicyclic amines) is 1. The maximum atomic E-state index is 13.0. The number of hydrogen-bond acceptors (Lipinski definition) is 5. The van der Waals surface area contributed by atoms with Crippen LogP contribution in [0.2, 0.25) is 0 Å². The molecular formula is C27H28N4O3S. The average Bonchev–Trinajstić information content (AvgIpc) is 3.62. The first kappa shape index (κ1) is 23.1. The molecule has 3 heterocycles. The van der Waals surface area contributed by atoms with E-state index in [-0.39, 0.29) is 12.5 Å². The molecule has 2 aromatic carbocycles. The topological polar surface area (TPSA) is 87.3 Å². The van der Waals surface area contributed by atoms with Gasteiger partial charge < -0.3 is 15.0 Å². The fourth-order valence-corrected chi connectivity index (χ4v) is 5.06. The third-order valence-corrected chi connectivity index (χ3v) is 7.05. The van der Waals surface area contributed by atoms with Crippen LogP contribution in [-0.2, 0) is 16.1 Å². The lowest BCUT2D eigenvalue weighted by Crippen LogP contribution is -2.43. The largest absolute Gasteiger partial charge is 0.445 e. The van der Waals surface area contributed by atoms with Crippen molar-refractivity contribution >= 4 is 39.4 Å². The highest BCUT2D eigenvalue weighted by Gasteiger charge is 2.35. The van der Waals surface area contributed by atoms with E-state index < -0.39 is 12.1 Å². The van der Waals surface area contributed by atoms with Crippen molar-refractivity contribution in [1.82, 2.24) is 14.9 Å². The molecule has 0 saturated carbocycles. The van der Waals surface area contributed by atoms with E-state index in [0.717, 1.165) is 34.1 Å². The summed E-state index contributed by atoms with van der Waals surface area (Å²) in [4.78, 5) is 35.2. The Morgan fingerprint density at radius 2 is 2.03 bits per heavy atom. The molecule has 0 spiro atoms. The van der Waals surface area contributed by atoms with Crippen molar-refractivity contribution in [2.75, 3.05) is 11.9 Å². The van der Waals surface area contributed by atoms with Gasteiger partial charge in [0.15, 0.2) is 5.13 Å². The molecule has 2 aromatic heterocycles. The molecule has 0 radical (unpaired) electrons. The van der Waals surface area contributed by atoms with E-state index in [1.165, 1.54) is 21.9 Å². The van der Waals surface area contributed by atoms with Gasteiger partial charge in [-0.25, -0.2) is 9.78 Å². The molecule has 1 atom stereocenters. The molecule has 4 aromatic rings. The third kappa shape index (κ3) is 5.07. The van der Waals surface area contributed by atoms with Gasteiger partial charge in [-0.1, -0.05) is 50.2 Å². The van der Waals surface area contributed by atoms with Crippen molar-refractivity contribution in [2.24, 2.45) is 0 Å². The maximum absolute atomic E-state index is 13.0. The molecule has 0 bridgehead atoms. The van der Waals surface area contributed by atoms with Crippen LogP contribution in [0.3, 0.4) is 0 Å². The van der Waals surface area contributed by atoms with E-state index in [9.17, 15) is 9.59 Å². The van der Waals surface area contributed by atoms with E-state index in [2.05, 4.69) is 47.3 Å². The highest BCUT2D eigenvalue weighted by molar-refractivity contribution is 7.14. The number of amides is 2. The van der Waals surface area contributed by atoms with Crippen LogP contribution in [0, 0.1) is 0 Å². The lowest BCUT2D eigenvalue weighted by atomic mass is 10.1. The standard InChI is InChI=1S/C27H28N4O3S/c1-17(2)22-14-20-13-19(10-11-21(20)28-22)23-16-35-26(29-23)30-25(32)24-9-6-12-31(24)27(33)34-15-18-7-4-3-5-8-18/h3-5,7-8,10-11,13-14,16-17,24,28H,6,9,12,15H2,1-2H3,(H,29,30,32). The van der Waals surface area contributed by atoms with Gasteiger partial charge in [0.25, 0.3) is 0 Å². The number of benzene rings is 2. The van der Waals surface area contributed by atoms with Crippen LogP contribution in [0.25, 0.3) is 22.2 Å². The SMILES string of the molecule is CC(C)c1cc2cc(-c3csc(NC(=O)C4CCCN4C(=O)OCc4ccccc4)n3)ccc2[nH]1. The van der Waals surface area contributed by atoms with Gasteiger partial charge in [0.2, 0.25) is 5.91 Å². The molecule has 1 unspecified atom stereocenters. The zero-order valence-corrected chi connectivity index (χ0v) is 20.6. The second-order valence-electron chi connectivity index (χ2n) is 9.10. The molecule has 8 heteroatoms. The number of carbonyl (C=O) groups excluding carboxylic acids is 2. The Kier molecular flexibility index (Phi) is 6.55. The first-order chi connectivity index (χ1) is 17.0. The second-order valence-corrected chi connectivity index (χ2v) is 9.96. The molecule has 35 heavy (non-hydrogen) atoms. The van der Waals surface area contributed by atoms with Gasteiger partial charge >= 0.3 is 6.09 Å². The number of anilines is 1. The number of nitrogens with zero attached hydrogens (tertiary/aromatic N) is 2. The normalized spacial score (nSPS) is 15.6. The molecule has 1 aliphatic heterocycles. The van der Waals surface area contributed by atoms with Crippen LogP contribution in [0.4, 0.5) is 9.93 Å². The van der Waals surface area contributed by atoms with Gasteiger partial charge in [-0.3, -0.25) is 9.69 Å². The summed E-state index contributed by atoms with van der Waals surface area (Å²) in [5, 5.41) is 6.50. The summed E-state index contributed by atoms with van der Waals surface area (Å²) < 4.78 is 5.45. The fourth-order valence-electron chi connectivity index (χ4n) is 4.34. The van der Waals surface area contributed by atoms with Crippen LogP contribution in [-0.4, -0.2) is 39.5 Å². The number of aromatic nitrogens is 2. The van der Waals surface area contributed by atoms with Gasteiger partial charge in [-0.05, 0) is 42.5 Å². The van der Waals surface area contributed by atoms with Crippen molar-refractivity contribution in [3.63, 3.8) is 0 Å². The van der Waals surface area contributed by atoms with Gasteiger partial charge in [0.05, 0.1) is 5.69 Å². The highest BCUT2D eigenvalue weighted by atomic mass is 32.1. The lowest BCUT2D eigenvalue weighted by molar-refractivity contribution is -0.120. The minimum atomic E-state index is -0.559. The molecule has 1 fully saturated rings. The number of thiazole rings is 1. The number of rotatable bonds is 6. The Balaban J connectivity index is 1.23. The summed E-state index contributed by atoms with van der Waals surface area (Å²) >= 11 is 1.38. The smallest absolute Gasteiger partial charge is 0.410 e. The molecule has 7 nitrogen and oxygen atoms in total. The number of aromatic amines is 1. The molecule has 2 amide bonds. The van der Waals surface area contributed by atoms with Crippen molar-refractivity contribution in [3.05, 3.63) is 71.2 Å². The van der Waals surface area contributed by atoms with Crippen LogP contribution in [0.1, 0.15) is 43.9 Å². The summed E-state index contributed by atoms with van der Waals surface area (Å²) in [7, 11) is 0. The quantitative estimate of drug-likeness (QED) is 0.341. The first-order valence-electron chi connectivity index (χ1n) is 11.8. The Morgan fingerprint density at radius 3 is 2.83 bits per heavy atom. The number of H-pyrrole nitrogens is 1. The fraction of sp³-hybridized carbons (Fsp3) is 0.296. The minimum Gasteiger partial charge on any atom is -0.445 e. The van der Waals surface area contributed by atoms with Crippen molar-refractivity contribution in [2.45, 2.75) is 45.3 Å². The minimum absolute atomic E-state index is 0.185. The highest BCUT2D eigenvalue weighted by Crippen LogP contribution is 2.30. The Labute approximate surface area is 208 Å². The maximum Gasteiger partial charge on any atom is 0.410 e. The van der Waals surface area contributed by atoms with Crippen LogP contribution < -0.4 is 5.32 Å². The summed E-state index contributed by atoms with van der Waals surface area (Å²) in [5.41, 5.74) is 5.02. The van der Waals surface area contributed by atoms with E-state index in [0.29, 0.717) is 24.0 Å². The third-order valence-electron chi connectivity index (χ3n) is 6.29. The van der Waals surface area contributed by atoms with E-state index in [4.69, 9.17) is 4.74 Å².